The molecular formula is C15H22N2. The van der Waals surface area contributed by atoms with Gasteiger partial charge in [0.25, 0.3) is 0 Å². The number of hydrogen-bond acceptors (Lipinski definition) is 2. The van der Waals surface area contributed by atoms with Crippen LogP contribution in [0.1, 0.15) is 31.2 Å². The lowest BCUT2D eigenvalue weighted by molar-refractivity contribution is 0.284. The van der Waals surface area contributed by atoms with E-state index in [0.717, 1.165) is 25.2 Å². The van der Waals surface area contributed by atoms with Gasteiger partial charge in [0.1, 0.15) is 0 Å². The maximum absolute atomic E-state index is 3.70. The SMILES string of the molecule is Cc1ccccc1N1CCN[C@@H]2CCCC[C@@H]21. The molecule has 1 heterocycles. The summed E-state index contributed by atoms with van der Waals surface area (Å²) in [6.07, 6.45) is 5.50. The summed E-state index contributed by atoms with van der Waals surface area (Å²) in [6, 6.07) is 10.3. The molecule has 1 saturated carbocycles. The number of benzene rings is 1. The number of hydrogen-bond donors (Lipinski definition) is 1. The first kappa shape index (κ1) is 11.1. The van der Waals surface area contributed by atoms with Crippen LogP contribution >= 0.6 is 0 Å². The largest absolute Gasteiger partial charge is 0.365 e. The molecule has 1 aliphatic heterocycles. The molecule has 17 heavy (non-hydrogen) atoms. The lowest BCUT2D eigenvalue weighted by Crippen LogP contribution is -2.59. The van der Waals surface area contributed by atoms with E-state index in [1.807, 2.05) is 0 Å². The Kier molecular flexibility index (Phi) is 3.06. The molecule has 3 rings (SSSR count). The first-order valence-electron chi connectivity index (χ1n) is 6.92. The van der Waals surface area contributed by atoms with Gasteiger partial charge in [0, 0.05) is 30.9 Å². The van der Waals surface area contributed by atoms with Crippen molar-refractivity contribution >= 4 is 5.69 Å². The van der Waals surface area contributed by atoms with Gasteiger partial charge in [-0.1, -0.05) is 31.0 Å². The van der Waals surface area contributed by atoms with Crippen LogP contribution in [-0.4, -0.2) is 25.2 Å². The highest BCUT2D eigenvalue weighted by molar-refractivity contribution is 5.54. The number of nitrogens with zero attached hydrogens (tertiary/aromatic N) is 1. The summed E-state index contributed by atoms with van der Waals surface area (Å²) in [4.78, 5) is 2.65. The van der Waals surface area contributed by atoms with Crippen molar-refractivity contribution in [1.82, 2.24) is 5.32 Å². The van der Waals surface area contributed by atoms with Crippen molar-refractivity contribution in [3.63, 3.8) is 0 Å². The Balaban J connectivity index is 1.88. The van der Waals surface area contributed by atoms with Gasteiger partial charge in [0.2, 0.25) is 0 Å². The van der Waals surface area contributed by atoms with Crippen LogP contribution in [0, 0.1) is 6.92 Å². The Morgan fingerprint density at radius 1 is 1.18 bits per heavy atom. The van der Waals surface area contributed by atoms with Gasteiger partial charge in [0.15, 0.2) is 0 Å². The second-order valence-corrected chi connectivity index (χ2v) is 5.39. The fourth-order valence-corrected chi connectivity index (χ4v) is 3.44. The molecule has 2 fully saturated rings. The van der Waals surface area contributed by atoms with Crippen LogP contribution in [0.15, 0.2) is 24.3 Å². The molecule has 0 radical (unpaired) electrons. The van der Waals surface area contributed by atoms with Crippen LogP contribution in [0.2, 0.25) is 0 Å². The van der Waals surface area contributed by atoms with E-state index in [9.17, 15) is 0 Å². The van der Waals surface area contributed by atoms with Crippen molar-refractivity contribution in [2.75, 3.05) is 18.0 Å². The molecule has 2 nitrogen and oxygen atoms in total. The average molecular weight is 230 g/mol. The van der Waals surface area contributed by atoms with Gasteiger partial charge in [-0.25, -0.2) is 0 Å². The van der Waals surface area contributed by atoms with Gasteiger partial charge in [-0.2, -0.15) is 0 Å². The van der Waals surface area contributed by atoms with E-state index in [4.69, 9.17) is 0 Å². The van der Waals surface area contributed by atoms with E-state index in [-0.39, 0.29) is 0 Å². The molecule has 1 aromatic rings. The van der Waals surface area contributed by atoms with Crippen LogP contribution < -0.4 is 10.2 Å². The molecule has 0 aromatic heterocycles. The molecule has 0 amide bonds. The summed E-state index contributed by atoms with van der Waals surface area (Å²) in [5.41, 5.74) is 2.87. The Bertz CT molecular complexity index is 386. The number of rotatable bonds is 1. The predicted molar refractivity (Wildman–Crippen MR) is 72.6 cm³/mol. The summed E-state index contributed by atoms with van der Waals surface area (Å²) in [5, 5.41) is 3.70. The normalized spacial score (nSPS) is 28.9. The Hall–Kier alpha value is -1.02. The molecule has 1 aliphatic carbocycles. The Labute approximate surface area is 104 Å². The molecular weight excluding hydrogens is 208 g/mol. The van der Waals surface area contributed by atoms with Crippen LogP contribution in [0.25, 0.3) is 0 Å². The number of fused-ring (bicyclic) bond motifs is 1. The van der Waals surface area contributed by atoms with Gasteiger partial charge >= 0.3 is 0 Å². The van der Waals surface area contributed by atoms with Crippen LogP contribution in [0.4, 0.5) is 5.69 Å². The quantitative estimate of drug-likeness (QED) is 0.798. The number of anilines is 1. The molecule has 1 N–H and O–H groups in total. The minimum absolute atomic E-state index is 0.720. The standard InChI is InChI=1S/C15H22N2/c1-12-6-2-4-8-14(12)17-11-10-16-13-7-3-5-9-15(13)17/h2,4,6,8,13,15-16H,3,5,7,9-11H2,1H3/t13-,15+/m1/s1. The molecule has 0 bridgehead atoms. The summed E-state index contributed by atoms with van der Waals surface area (Å²) >= 11 is 0. The summed E-state index contributed by atoms with van der Waals surface area (Å²) in [5.74, 6) is 0. The van der Waals surface area contributed by atoms with Crippen LogP contribution in [0.3, 0.4) is 0 Å². The Morgan fingerprint density at radius 3 is 2.88 bits per heavy atom. The van der Waals surface area contributed by atoms with E-state index in [1.165, 1.54) is 36.9 Å². The Morgan fingerprint density at radius 2 is 2.00 bits per heavy atom. The van der Waals surface area contributed by atoms with Crippen molar-refractivity contribution in [3.8, 4) is 0 Å². The first-order chi connectivity index (χ1) is 8.36. The van der Waals surface area contributed by atoms with E-state index < -0.39 is 0 Å². The van der Waals surface area contributed by atoms with Gasteiger partial charge in [0.05, 0.1) is 0 Å². The minimum atomic E-state index is 0.720. The van der Waals surface area contributed by atoms with Crippen molar-refractivity contribution in [3.05, 3.63) is 29.8 Å². The van der Waals surface area contributed by atoms with Gasteiger partial charge in [-0.15, -0.1) is 0 Å². The molecule has 1 aromatic carbocycles. The summed E-state index contributed by atoms with van der Waals surface area (Å²) in [6.45, 7) is 4.52. The maximum Gasteiger partial charge on any atom is 0.0443 e. The molecule has 92 valence electrons. The predicted octanol–water partition coefficient (Wildman–Crippen LogP) is 2.72. The number of nitrogens with one attached hydrogen (secondary N) is 1. The van der Waals surface area contributed by atoms with Crippen molar-refractivity contribution in [1.29, 1.82) is 0 Å². The molecule has 0 unspecified atom stereocenters. The second-order valence-electron chi connectivity index (χ2n) is 5.39. The molecule has 2 aliphatic rings. The highest BCUT2D eigenvalue weighted by Gasteiger charge is 2.33. The molecule has 2 atom stereocenters. The zero-order chi connectivity index (χ0) is 11.7. The number of aryl methyl sites for hydroxylation is 1. The summed E-state index contributed by atoms with van der Waals surface area (Å²) in [7, 11) is 0. The van der Waals surface area contributed by atoms with Crippen molar-refractivity contribution in [2.24, 2.45) is 0 Å². The minimum Gasteiger partial charge on any atom is -0.365 e. The van der Waals surface area contributed by atoms with Gasteiger partial charge in [-0.3, -0.25) is 0 Å². The van der Waals surface area contributed by atoms with Crippen molar-refractivity contribution < 1.29 is 0 Å². The number of piperazine rings is 1. The van der Waals surface area contributed by atoms with Crippen LogP contribution in [-0.2, 0) is 0 Å². The highest BCUT2D eigenvalue weighted by Crippen LogP contribution is 2.31. The van der Waals surface area contributed by atoms with Crippen LogP contribution in [0.5, 0.6) is 0 Å². The highest BCUT2D eigenvalue weighted by atomic mass is 15.2. The fourth-order valence-electron chi connectivity index (χ4n) is 3.44. The maximum atomic E-state index is 3.70. The third-order valence-electron chi connectivity index (χ3n) is 4.31. The molecule has 1 saturated heterocycles. The van der Waals surface area contributed by atoms with E-state index in [0.29, 0.717) is 0 Å². The first-order valence-corrected chi connectivity index (χ1v) is 6.92. The summed E-state index contributed by atoms with van der Waals surface area (Å²) < 4.78 is 0. The molecule has 2 heteroatoms. The lowest BCUT2D eigenvalue weighted by atomic mass is 9.87. The van der Waals surface area contributed by atoms with Gasteiger partial charge in [-0.05, 0) is 31.4 Å². The van der Waals surface area contributed by atoms with Gasteiger partial charge < -0.3 is 10.2 Å². The lowest BCUT2D eigenvalue weighted by Gasteiger charge is -2.46. The number of para-hydroxylation sites is 1. The second kappa shape index (κ2) is 4.69. The monoisotopic (exact) mass is 230 g/mol. The topological polar surface area (TPSA) is 15.3 Å². The van der Waals surface area contributed by atoms with Crippen molar-refractivity contribution in [2.45, 2.75) is 44.7 Å². The van der Waals surface area contributed by atoms with E-state index >= 15 is 0 Å². The fraction of sp³-hybridized carbons (Fsp3) is 0.600. The third kappa shape index (κ3) is 2.06. The zero-order valence-corrected chi connectivity index (χ0v) is 10.7. The average Bonchev–Trinajstić information content (AvgIpc) is 2.39. The van der Waals surface area contributed by atoms with E-state index in [1.54, 1.807) is 0 Å². The molecule has 0 spiro atoms. The smallest absolute Gasteiger partial charge is 0.0443 e. The third-order valence-corrected chi connectivity index (χ3v) is 4.31. The van der Waals surface area contributed by atoms with E-state index in [2.05, 4.69) is 41.4 Å². The zero-order valence-electron chi connectivity index (χ0n) is 10.7.